The van der Waals surface area contributed by atoms with E-state index in [0.717, 1.165) is 6.41 Å². The van der Waals surface area contributed by atoms with E-state index < -0.39 is 0 Å². The molecule has 4 nitrogen and oxygen atoms in total. The molecule has 0 aromatic heterocycles. The Bertz CT molecular complexity index is 157. The van der Waals surface area contributed by atoms with Crippen LogP contribution in [0.15, 0.2) is 0 Å². The van der Waals surface area contributed by atoms with Crippen LogP contribution >= 0.6 is 0 Å². The topological polar surface area (TPSA) is 54.5 Å². The molecule has 1 amide bonds. The van der Waals surface area contributed by atoms with Crippen LogP contribution in [0.4, 0.5) is 0 Å². The molecule has 0 fully saturated rings. The fourth-order valence-corrected chi connectivity index (χ4v) is 0.351. The second-order valence-corrected chi connectivity index (χ2v) is 2.65. The summed E-state index contributed by atoms with van der Waals surface area (Å²) in [5.74, 6) is -0.125. The van der Waals surface area contributed by atoms with Crippen molar-refractivity contribution in [2.75, 3.05) is 14.1 Å². The normalized spacial score (nSPS) is 7.08. The minimum absolute atomic E-state index is 0. The van der Waals surface area contributed by atoms with Crippen LogP contribution in [0, 0.1) is 0 Å². The van der Waals surface area contributed by atoms with Gasteiger partial charge in [-0.1, -0.05) is 0 Å². The Morgan fingerprint density at radius 3 is 1.38 bits per heavy atom. The van der Waals surface area contributed by atoms with E-state index in [9.17, 15) is 14.4 Å². The van der Waals surface area contributed by atoms with Crippen LogP contribution in [0.1, 0.15) is 20.3 Å². The van der Waals surface area contributed by atoms with Crippen LogP contribution in [-0.2, 0) is 31.2 Å². The van der Waals surface area contributed by atoms with Gasteiger partial charge < -0.3 is 4.90 Å². The molecular formula is C8H15CoNO3. The van der Waals surface area contributed by atoms with E-state index in [1.165, 1.54) is 18.7 Å². The van der Waals surface area contributed by atoms with E-state index >= 15 is 0 Å². The maximum absolute atomic E-state index is 10.0. The van der Waals surface area contributed by atoms with E-state index in [-0.39, 0.29) is 34.8 Å². The monoisotopic (exact) mass is 232 g/mol. The summed E-state index contributed by atoms with van der Waals surface area (Å²) in [5.41, 5.74) is 0. The largest absolute Gasteiger partial charge is 0.351 e. The SMILES string of the molecule is CC(=O)CC(C)=O.CN(C)C=O.[Co]. The van der Waals surface area contributed by atoms with Crippen molar-refractivity contribution in [2.24, 2.45) is 0 Å². The molecule has 0 aliphatic rings. The molecule has 0 aromatic rings. The fraction of sp³-hybridized carbons (Fsp3) is 0.625. The summed E-state index contributed by atoms with van der Waals surface area (Å²) in [4.78, 5) is 30.9. The first-order valence-corrected chi connectivity index (χ1v) is 3.50. The number of carbonyl (C=O) groups excluding carboxylic acids is 3. The maximum Gasteiger partial charge on any atom is 0.209 e. The van der Waals surface area contributed by atoms with Crippen molar-refractivity contribution < 1.29 is 31.2 Å². The summed E-state index contributed by atoms with van der Waals surface area (Å²) >= 11 is 0. The molecule has 0 rings (SSSR count). The first-order chi connectivity index (χ1) is 5.40. The Morgan fingerprint density at radius 2 is 1.38 bits per heavy atom. The molecule has 1 radical (unpaired) electrons. The molecule has 0 heterocycles. The Morgan fingerprint density at radius 1 is 1.15 bits per heavy atom. The van der Waals surface area contributed by atoms with E-state index in [4.69, 9.17) is 0 Å². The summed E-state index contributed by atoms with van der Waals surface area (Å²) in [7, 11) is 3.38. The molecular weight excluding hydrogens is 217 g/mol. The van der Waals surface area contributed by atoms with Gasteiger partial charge in [0.1, 0.15) is 11.6 Å². The minimum Gasteiger partial charge on any atom is -0.351 e. The van der Waals surface area contributed by atoms with Gasteiger partial charge in [-0.2, -0.15) is 0 Å². The molecule has 79 valence electrons. The number of nitrogens with zero attached hydrogens (tertiary/aromatic N) is 1. The van der Waals surface area contributed by atoms with Crippen molar-refractivity contribution >= 4 is 18.0 Å². The van der Waals surface area contributed by atoms with Gasteiger partial charge >= 0.3 is 0 Å². The van der Waals surface area contributed by atoms with Gasteiger partial charge in [-0.25, -0.2) is 0 Å². The number of rotatable bonds is 3. The fourth-order valence-electron chi connectivity index (χ4n) is 0.351. The second kappa shape index (κ2) is 11.3. The average Bonchev–Trinajstić information content (AvgIpc) is 1.85. The van der Waals surface area contributed by atoms with Crippen LogP contribution in [0.5, 0.6) is 0 Å². The quantitative estimate of drug-likeness (QED) is 0.518. The zero-order chi connectivity index (χ0) is 10.1. The number of Topliss-reactive ketones (excluding diaryl/α,β-unsaturated/α-hetero) is 2. The molecule has 0 N–H and O–H groups in total. The first kappa shape index (κ1) is 18.2. The zero-order valence-corrected chi connectivity index (χ0v) is 9.33. The zero-order valence-electron chi connectivity index (χ0n) is 8.29. The summed E-state index contributed by atoms with van der Waals surface area (Å²) in [5, 5.41) is 0. The standard InChI is InChI=1S/C5H8O2.C3H7NO.Co/c1-4(6)3-5(2)7;1-4(2)3-5;/h3H2,1-2H3;3H,1-2H3;. The first-order valence-electron chi connectivity index (χ1n) is 3.50. The van der Waals surface area contributed by atoms with Gasteiger partial charge in [-0.05, 0) is 13.8 Å². The van der Waals surface area contributed by atoms with Crippen LogP contribution in [0.25, 0.3) is 0 Å². The van der Waals surface area contributed by atoms with E-state index in [0.29, 0.717) is 0 Å². The van der Waals surface area contributed by atoms with Gasteiger partial charge in [-0.3, -0.25) is 14.4 Å². The molecule has 0 saturated heterocycles. The molecule has 0 bridgehead atoms. The molecule has 0 unspecified atom stereocenters. The van der Waals surface area contributed by atoms with Gasteiger partial charge in [0.15, 0.2) is 0 Å². The average molecular weight is 232 g/mol. The summed E-state index contributed by atoms with van der Waals surface area (Å²) < 4.78 is 0. The predicted octanol–water partition coefficient (Wildman–Crippen LogP) is 0.256. The van der Waals surface area contributed by atoms with Crippen LogP contribution in [0.2, 0.25) is 0 Å². The molecule has 5 heteroatoms. The number of ketones is 2. The maximum atomic E-state index is 10.0. The van der Waals surface area contributed by atoms with Gasteiger partial charge in [0, 0.05) is 30.9 Å². The molecule has 0 spiro atoms. The van der Waals surface area contributed by atoms with Crippen molar-refractivity contribution in [2.45, 2.75) is 20.3 Å². The van der Waals surface area contributed by atoms with E-state index in [1.54, 1.807) is 14.1 Å². The Kier molecular flexibility index (Phi) is 15.8. The predicted molar refractivity (Wildman–Crippen MR) is 45.7 cm³/mol. The molecule has 0 aliphatic carbocycles. The van der Waals surface area contributed by atoms with Gasteiger partial charge in [0.05, 0.1) is 6.42 Å². The molecule has 0 atom stereocenters. The van der Waals surface area contributed by atoms with Crippen molar-refractivity contribution in [3.05, 3.63) is 0 Å². The second-order valence-electron chi connectivity index (χ2n) is 2.65. The van der Waals surface area contributed by atoms with Gasteiger partial charge in [0.2, 0.25) is 6.41 Å². The van der Waals surface area contributed by atoms with E-state index in [1.807, 2.05) is 0 Å². The molecule has 13 heavy (non-hydrogen) atoms. The smallest absolute Gasteiger partial charge is 0.209 e. The number of carbonyl (C=O) groups is 3. The molecule has 0 aromatic carbocycles. The number of amides is 1. The molecule has 0 aliphatic heterocycles. The van der Waals surface area contributed by atoms with Crippen molar-refractivity contribution in [1.82, 2.24) is 4.90 Å². The van der Waals surface area contributed by atoms with Crippen molar-refractivity contribution in [3.63, 3.8) is 0 Å². The molecule has 0 saturated carbocycles. The summed E-state index contributed by atoms with van der Waals surface area (Å²) in [6.45, 7) is 2.81. The van der Waals surface area contributed by atoms with Crippen LogP contribution < -0.4 is 0 Å². The van der Waals surface area contributed by atoms with Crippen LogP contribution in [-0.4, -0.2) is 37.0 Å². The third-order valence-electron chi connectivity index (χ3n) is 0.709. The van der Waals surface area contributed by atoms with Crippen molar-refractivity contribution in [3.8, 4) is 0 Å². The number of hydrogen-bond acceptors (Lipinski definition) is 3. The van der Waals surface area contributed by atoms with Crippen LogP contribution in [0.3, 0.4) is 0 Å². The third-order valence-corrected chi connectivity index (χ3v) is 0.709. The Hall–Kier alpha value is -0.684. The van der Waals surface area contributed by atoms with Gasteiger partial charge in [-0.15, -0.1) is 0 Å². The Labute approximate surface area is 88.9 Å². The third kappa shape index (κ3) is 34.8. The van der Waals surface area contributed by atoms with E-state index in [2.05, 4.69) is 0 Å². The summed E-state index contributed by atoms with van der Waals surface area (Å²) in [6.07, 6.45) is 0.833. The van der Waals surface area contributed by atoms with Crippen molar-refractivity contribution in [1.29, 1.82) is 0 Å². The summed E-state index contributed by atoms with van der Waals surface area (Å²) in [6, 6.07) is 0. The number of hydrogen-bond donors (Lipinski definition) is 0. The Balaban J connectivity index is -0.000000150. The van der Waals surface area contributed by atoms with Gasteiger partial charge in [0.25, 0.3) is 0 Å². The minimum atomic E-state index is -0.0625.